The molecule has 146 valence electrons. The molecule has 28 heavy (non-hydrogen) atoms. The van der Waals surface area contributed by atoms with E-state index in [0.717, 1.165) is 11.3 Å². The number of aliphatic carboxylic acids is 1. The van der Waals surface area contributed by atoms with Crippen LogP contribution in [0.5, 0.6) is 0 Å². The fraction of sp³-hybridized carbons (Fsp3) is 0.391. The van der Waals surface area contributed by atoms with Crippen molar-refractivity contribution in [2.45, 2.75) is 39.0 Å². The van der Waals surface area contributed by atoms with E-state index in [4.69, 9.17) is 9.15 Å². The third-order valence-corrected chi connectivity index (χ3v) is 6.91. The van der Waals surface area contributed by atoms with Gasteiger partial charge in [0.1, 0.15) is 11.2 Å². The van der Waals surface area contributed by atoms with E-state index in [0.29, 0.717) is 30.6 Å². The summed E-state index contributed by atoms with van der Waals surface area (Å²) in [4.78, 5) is 24.5. The lowest BCUT2D eigenvalue weighted by atomic mass is 9.86. The van der Waals surface area contributed by atoms with Crippen LogP contribution in [0.4, 0.5) is 0 Å². The minimum Gasteiger partial charge on any atom is -0.481 e. The average Bonchev–Trinajstić information content (AvgIpc) is 3.08. The molecule has 1 aliphatic carbocycles. The highest BCUT2D eigenvalue weighted by atomic mass is 16.5. The van der Waals surface area contributed by atoms with E-state index in [-0.39, 0.29) is 5.97 Å². The molecule has 2 atom stereocenters. The molecule has 1 saturated carbocycles. The maximum Gasteiger partial charge on any atom is 0.333 e. The molecule has 1 aromatic carbocycles. The van der Waals surface area contributed by atoms with Gasteiger partial charge in [-0.25, -0.2) is 4.79 Å². The predicted molar refractivity (Wildman–Crippen MR) is 103 cm³/mol. The summed E-state index contributed by atoms with van der Waals surface area (Å²) >= 11 is 0. The van der Waals surface area contributed by atoms with Crippen LogP contribution in [0.1, 0.15) is 44.1 Å². The summed E-state index contributed by atoms with van der Waals surface area (Å²) in [5, 5.41) is 10.3. The first-order valence-electron chi connectivity index (χ1n) is 9.48. The molecule has 2 unspecified atom stereocenters. The van der Waals surface area contributed by atoms with Crippen molar-refractivity contribution >= 4 is 11.9 Å². The lowest BCUT2D eigenvalue weighted by molar-refractivity contribution is -0.141. The molecule has 0 radical (unpaired) electrons. The van der Waals surface area contributed by atoms with Gasteiger partial charge in [-0.1, -0.05) is 57.2 Å². The fourth-order valence-corrected chi connectivity index (χ4v) is 5.08. The number of ether oxygens (including phenoxy) is 1. The zero-order valence-corrected chi connectivity index (χ0v) is 16.3. The minimum atomic E-state index is -1.16. The zero-order valence-electron chi connectivity index (χ0n) is 16.3. The van der Waals surface area contributed by atoms with Crippen molar-refractivity contribution in [3.63, 3.8) is 0 Å². The Balaban J connectivity index is 1.73. The molecule has 1 aliphatic heterocycles. The van der Waals surface area contributed by atoms with Crippen LogP contribution < -0.4 is 0 Å². The standard InChI is InChI=1S/C23H24O5/c1-21(2)22(3,13-16-9-10-27-19(16)24)23(21,20(25)26)17-12-18(28-14-17)11-15-7-5-4-6-8-15/h4-8,12-14H,9-11H2,1-3H3,(H,25,26). The molecule has 0 spiro atoms. The van der Waals surface area contributed by atoms with Crippen LogP contribution in [-0.2, 0) is 26.2 Å². The molecule has 1 aromatic heterocycles. The van der Waals surface area contributed by atoms with Gasteiger partial charge < -0.3 is 14.3 Å². The quantitative estimate of drug-likeness (QED) is 0.624. The van der Waals surface area contributed by atoms with Gasteiger partial charge in [-0.05, 0) is 17.0 Å². The van der Waals surface area contributed by atoms with Crippen molar-refractivity contribution < 1.29 is 23.8 Å². The number of carboxylic acids is 1. The third kappa shape index (κ3) is 2.32. The Morgan fingerprint density at radius 1 is 1.21 bits per heavy atom. The number of cyclic esters (lactones) is 1. The number of rotatable bonds is 5. The first-order valence-corrected chi connectivity index (χ1v) is 9.48. The highest BCUT2D eigenvalue weighted by Gasteiger charge is 2.84. The second-order valence-electron chi connectivity index (χ2n) is 8.40. The van der Waals surface area contributed by atoms with Crippen molar-refractivity contribution in [1.82, 2.24) is 0 Å². The monoisotopic (exact) mass is 380 g/mol. The number of benzene rings is 1. The van der Waals surface area contributed by atoms with Crippen LogP contribution in [0.2, 0.25) is 0 Å². The number of carboxylic acid groups (broad SMARTS) is 1. The Hall–Kier alpha value is -2.82. The number of hydrogen-bond donors (Lipinski definition) is 1. The molecule has 2 aromatic rings. The smallest absolute Gasteiger partial charge is 0.333 e. The van der Waals surface area contributed by atoms with Gasteiger partial charge in [0.05, 0.1) is 12.9 Å². The van der Waals surface area contributed by atoms with Gasteiger partial charge in [0, 0.05) is 29.4 Å². The molecule has 0 bridgehead atoms. The SMILES string of the molecule is CC1(C)C(C)(C=C2CCOC2=O)C1(C(=O)O)c1coc(Cc2ccccc2)c1. The van der Waals surface area contributed by atoms with Crippen molar-refractivity contribution in [3.05, 3.63) is 71.2 Å². The number of allylic oxidation sites excluding steroid dienone is 1. The van der Waals surface area contributed by atoms with Gasteiger partial charge in [0.25, 0.3) is 0 Å². The first kappa shape index (κ1) is 18.5. The van der Waals surface area contributed by atoms with E-state index in [2.05, 4.69) is 0 Å². The summed E-state index contributed by atoms with van der Waals surface area (Å²) < 4.78 is 10.8. The van der Waals surface area contributed by atoms with E-state index in [1.807, 2.05) is 63.2 Å². The number of furan rings is 1. The summed E-state index contributed by atoms with van der Waals surface area (Å²) in [5.74, 6) is -0.532. The van der Waals surface area contributed by atoms with Gasteiger partial charge in [0.2, 0.25) is 0 Å². The lowest BCUT2D eigenvalue weighted by Crippen LogP contribution is -2.27. The van der Waals surface area contributed by atoms with Crippen molar-refractivity contribution in [2.24, 2.45) is 10.8 Å². The average molecular weight is 380 g/mol. The molecular weight excluding hydrogens is 356 g/mol. The van der Waals surface area contributed by atoms with Gasteiger partial charge in [0.15, 0.2) is 0 Å². The maximum atomic E-state index is 12.6. The molecule has 2 heterocycles. The van der Waals surface area contributed by atoms with Crippen LogP contribution in [-0.4, -0.2) is 23.7 Å². The number of esters is 1. The summed E-state index contributed by atoms with van der Waals surface area (Å²) in [5.41, 5.74) is -0.169. The van der Waals surface area contributed by atoms with Crippen molar-refractivity contribution in [1.29, 1.82) is 0 Å². The van der Waals surface area contributed by atoms with Gasteiger partial charge in [-0.15, -0.1) is 0 Å². The first-order chi connectivity index (χ1) is 13.2. The topological polar surface area (TPSA) is 76.7 Å². The summed E-state index contributed by atoms with van der Waals surface area (Å²) in [7, 11) is 0. The molecule has 5 nitrogen and oxygen atoms in total. The molecule has 0 amide bonds. The predicted octanol–water partition coefficient (Wildman–Crippen LogP) is 4.11. The second kappa shape index (κ2) is 6.09. The molecule has 4 rings (SSSR count). The van der Waals surface area contributed by atoms with E-state index in [9.17, 15) is 14.7 Å². The normalized spacial score (nSPS) is 29.7. The van der Waals surface area contributed by atoms with Crippen molar-refractivity contribution in [2.75, 3.05) is 6.61 Å². The van der Waals surface area contributed by atoms with E-state index < -0.39 is 22.2 Å². The van der Waals surface area contributed by atoms with Gasteiger partial charge in [-0.3, -0.25) is 4.79 Å². The van der Waals surface area contributed by atoms with Crippen molar-refractivity contribution in [3.8, 4) is 0 Å². The Kier molecular flexibility index (Phi) is 4.03. The van der Waals surface area contributed by atoms with Crippen LogP contribution in [0.15, 0.2) is 58.7 Å². The number of carbonyl (C=O) groups excluding carboxylic acids is 1. The Bertz CT molecular complexity index is 968. The Labute approximate surface area is 164 Å². The third-order valence-electron chi connectivity index (χ3n) is 6.91. The molecular formula is C23H24O5. The summed E-state index contributed by atoms with van der Waals surface area (Å²) in [6.45, 7) is 6.13. The summed E-state index contributed by atoms with van der Waals surface area (Å²) in [6, 6.07) is 11.8. The van der Waals surface area contributed by atoms with Crippen LogP contribution in [0.25, 0.3) is 0 Å². The van der Waals surface area contributed by atoms with E-state index in [1.54, 1.807) is 6.26 Å². The Morgan fingerprint density at radius 3 is 2.54 bits per heavy atom. The molecule has 5 heteroatoms. The highest BCUT2D eigenvalue weighted by Crippen LogP contribution is 2.79. The van der Waals surface area contributed by atoms with Crippen LogP contribution in [0, 0.1) is 10.8 Å². The number of carbonyl (C=O) groups is 2. The maximum absolute atomic E-state index is 12.6. The largest absolute Gasteiger partial charge is 0.481 e. The van der Waals surface area contributed by atoms with Gasteiger partial charge in [-0.2, -0.15) is 0 Å². The van der Waals surface area contributed by atoms with E-state index in [1.165, 1.54) is 0 Å². The van der Waals surface area contributed by atoms with Crippen LogP contribution >= 0.6 is 0 Å². The molecule has 1 saturated heterocycles. The highest BCUT2D eigenvalue weighted by molar-refractivity contribution is 5.94. The second-order valence-corrected chi connectivity index (χ2v) is 8.40. The molecule has 2 fully saturated rings. The van der Waals surface area contributed by atoms with E-state index >= 15 is 0 Å². The lowest BCUT2D eigenvalue weighted by Gasteiger charge is -2.15. The van der Waals surface area contributed by atoms with Crippen LogP contribution in [0.3, 0.4) is 0 Å². The zero-order chi connectivity index (χ0) is 20.2. The summed E-state index contributed by atoms with van der Waals surface area (Å²) in [6.07, 6.45) is 4.50. The number of hydrogen-bond acceptors (Lipinski definition) is 4. The molecule has 1 N–H and O–H groups in total. The Morgan fingerprint density at radius 2 is 1.93 bits per heavy atom. The fourth-order valence-electron chi connectivity index (χ4n) is 5.08. The van der Waals surface area contributed by atoms with Gasteiger partial charge >= 0.3 is 11.9 Å². The molecule has 2 aliphatic rings. The minimum absolute atomic E-state index is 0.347.